The summed E-state index contributed by atoms with van der Waals surface area (Å²) in [5.74, 6) is -0.264. The molecular weight excluding hydrogens is 522 g/mol. The zero-order valence-corrected chi connectivity index (χ0v) is 21.8. The minimum Gasteiger partial charge on any atom is -0.481 e. The van der Waals surface area contributed by atoms with Crippen molar-refractivity contribution in [2.75, 3.05) is 10.8 Å². The number of halogens is 1. The van der Waals surface area contributed by atoms with Gasteiger partial charge in [-0.25, -0.2) is 13.4 Å². The summed E-state index contributed by atoms with van der Waals surface area (Å²) in [7, 11) is -4.00. The van der Waals surface area contributed by atoms with Crippen LogP contribution in [0.15, 0.2) is 108 Å². The summed E-state index contributed by atoms with van der Waals surface area (Å²) >= 11 is 5.98. The van der Waals surface area contributed by atoms with Crippen molar-refractivity contribution in [1.29, 1.82) is 0 Å². The molecule has 5 aromatic rings. The number of nitrogens with zero attached hydrogens (tertiary/aromatic N) is 3. The second-order valence-electron chi connectivity index (χ2n) is 8.67. The van der Waals surface area contributed by atoms with Crippen LogP contribution in [-0.4, -0.2) is 35.6 Å². The first-order valence-corrected chi connectivity index (χ1v) is 13.8. The van der Waals surface area contributed by atoms with Crippen LogP contribution in [0.1, 0.15) is 12.8 Å². The van der Waals surface area contributed by atoms with E-state index in [1.807, 2.05) is 71.3 Å². The molecule has 0 radical (unpaired) electrons. The third-order valence-electron chi connectivity index (χ3n) is 6.13. The van der Waals surface area contributed by atoms with Crippen molar-refractivity contribution in [3.63, 3.8) is 0 Å². The fourth-order valence-electron chi connectivity index (χ4n) is 4.34. The number of carbonyl (C=O) groups is 1. The fraction of sp³-hybridized carbons (Fsp3) is 0.103. The highest BCUT2D eigenvalue weighted by atomic mass is 35.5. The molecule has 0 aliphatic heterocycles. The third-order valence-corrected chi connectivity index (χ3v) is 8.22. The number of carboxylic acid groups (broad SMARTS) is 1. The van der Waals surface area contributed by atoms with Crippen molar-refractivity contribution in [1.82, 2.24) is 9.55 Å². The third kappa shape index (κ3) is 5.14. The number of imidazole rings is 1. The molecule has 9 heteroatoms. The standard InChI is InChI=1S/C29H24ClN3O4S/c30-22-13-16-25(17-14-22)38(36,37)32(19-7-12-28(34)35)24-15-18-27-26(20-24)31-29(21-8-3-1-4-9-21)33(27)23-10-5-2-6-11-23/h1-6,8-11,13-18,20H,7,12,19H2,(H,34,35). The number of hydrogen-bond acceptors (Lipinski definition) is 4. The second kappa shape index (κ2) is 10.7. The molecule has 1 heterocycles. The van der Waals surface area contributed by atoms with Crippen molar-refractivity contribution in [2.24, 2.45) is 0 Å². The average molecular weight is 546 g/mol. The SMILES string of the molecule is O=C(O)CCCN(c1ccc2c(c1)nc(-c1ccccc1)n2-c1ccccc1)S(=O)(=O)c1ccc(Cl)cc1. The van der Waals surface area contributed by atoms with Gasteiger partial charge in [0.2, 0.25) is 0 Å². The van der Waals surface area contributed by atoms with Gasteiger partial charge in [-0.05, 0) is 61.0 Å². The first-order chi connectivity index (χ1) is 18.3. The molecule has 1 aromatic heterocycles. The van der Waals surface area contributed by atoms with E-state index in [-0.39, 0.29) is 24.3 Å². The van der Waals surface area contributed by atoms with Crippen molar-refractivity contribution in [2.45, 2.75) is 17.7 Å². The van der Waals surface area contributed by atoms with Gasteiger partial charge in [0.1, 0.15) is 5.82 Å². The second-order valence-corrected chi connectivity index (χ2v) is 11.0. The highest BCUT2D eigenvalue weighted by Gasteiger charge is 2.26. The van der Waals surface area contributed by atoms with Gasteiger partial charge in [-0.15, -0.1) is 0 Å². The molecular formula is C29H24ClN3O4S. The smallest absolute Gasteiger partial charge is 0.303 e. The number of fused-ring (bicyclic) bond motifs is 1. The number of aliphatic carboxylic acids is 1. The van der Waals surface area contributed by atoms with E-state index in [2.05, 4.69) is 0 Å². The minimum atomic E-state index is -4.00. The molecule has 5 rings (SSSR count). The zero-order chi connectivity index (χ0) is 26.7. The number of carboxylic acids is 1. The van der Waals surface area contributed by atoms with E-state index in [0.717, 1.165) is 22.6 Å². The van der Waals surface area contributed by atoms with Crippen LogP contribution in [0.5, 0.6) is 0 Å². The van der Waals surface area contributed by atoms with E-state index in [4.69, 9.17) is 21.7 Å². The number of anilines is 1. The molecule has 0 atom stereocenters. The lowest BCUT2D eigenvalue weighted by Crippen LogP contribution is -2.32. The molecule has 0 aliphatic carbocycles. The molecule has 192 valence electrons. The predicted octanol–water partition coefficient (Wildman–Crippen LogP) is 6.41. The van der Waals surface area contributed by atoms with E-state index in [1.54, 1.807) is 12.1 Å². The van der Waals surface area contributed by atoms with Gasteiger partial charge in [-0.3, -0.25) is 13.7 Å². The van der Waals surface area contributed by atoms with E-state index in [0.29, 0.717) is 16.2 Å². The maximum atomic E-state index is 13.7. The van der Waals surface area contributed by atoms with Gasteiger partial charge in [0.25, 0.3) is 10.0 Å². The highest BCUT2D eigenvalue weighted by Crippen LogP contribution is 2.33. The summed E-state index contributed by atoms with van der Waals surface area (Å²) in [5.41, 5.74) is 3.66. The highest BCUT2D eigenvalue weighted by molar-refractivity contribution is 7.92. The van der Waals surface area contributed by atoms with Gasteiger partial charge < -0.3 is 5.11 Å². The van der Waals surface area contributed by atoms with Crippen LogP contribution < -0.4 is 4.31 Å². The Morgan fingerprint density at radius 3 is 2.21 bits per heavy atom. The van der Waals surface area contributed by atoms with Crippen LogP contribution >= 0.6 is 11.6 Å². The van der Waals surface area contributed by atoms with Crippen LogP contribution in [0.25, 0.3) is 28.1 Å². The molecule has 0 unspecified atom stereocenters. The number of aromatic nitrogens is 2. The normalized spacial score (nSPS) is 11.5. The molecule has 38 heavy (non-hydrogen) atoms. The lowest BCUT2D eigenvalue weighted by Gasteiger charge is -2.24. The summed E-state index contributed by atoms with van der Waals surface area (Å²) in [6.07, 6.45) is -0.0103. The predicted molar refractivity (Wildman–Crippen MR) is 149 cm³/mol. The summed E-state index contributed by atoms with van der Waals surface area (Å²) in [6, 6.07) is 30.8. The summed E-state index contributed by atoms with van der Waals surface area (Å²) in [5, 5.41) is 9.56. The monoisotopic (exact) mass is 545 g/mol. The van der Waals surface area contributed by atoms with Crippen LogP contribution in [0, 0.1) is 0 Å². The Hall–Kier alpha value is -4.14. The number of sulfonamides is 1. The molecule has 1 N–H and O–H groups in total. The lowest BCUT2D eigenvalue weighted by atomic mass is 10.2. The maximum Gasteiger partial charge on any atom is 0.303 e. The maximum absolute atomic E-state index is 13.7. The van der Waals surface area contributed by atoms with E-state index < -0.39 is 16.0 Å². The van der Waals surface area contributed by atoms with Gasteiger partial charge in [-0.1, -0.05) is 60.1 Å². The van der Waals surface area contributed by atoms with Crippen LogP contribution in [0.4, 0.5) is 5.69 Å². The molecule has 0 spiro atoms. The fourth-order valence-corrected chi connectivity index (χ4v) is 5.96. The van der Waals surface area contributed by atoms with Gasteiger partial charge in [0.15, 0.2) is 0 Å². The topological polar surface area (TPSA) is 92.5 Å². The summed E-state index contributed by atoms with van der Waals surface area (Å²) in [6.45, 7) is -0.00625. The Kier molecular flexibility index (Phi) is 7.18. The Balaban J connectivity index is 1.65. The first-order valence-electron chi connectivity index (χ1n) is 12.0. The van der Waals surface area contributed by atoms with Crippen molar-refractivity contribution in [3.8, 4) is 17.1 Å². The Labute approximate surface area is 225 Å². The first kappa shape index (κ1) is 25.5. The molecule has 0 saturated carbocycles. The number of hydrogen-bond donors (Lipinski definition) is 1. The van der Waals surface area contributed by atoms with Crippen LogP contribution in [-0.2, 0) is 14.8 Å². The quantitative estimate of drug-likeness (QED) is 0.231. The van der Waals surface area contributed by atoms with E-state index >= 15 is 0 Å². The van der Waals surface area contributed by atoms with Crippen LogP contribution in [0.3, 0.4) is 0 Å². The molecule has 0 saturated heterocycles. The Bertz CT molecular complexity index is 1690. The van der Waals surface area contributed by atoms with E-state index in [9.17, 15) is 13.2 Å². The number of rotatable bonds is 9. The molecule has 0 amide bonds. The van der Waals surface area contributed by atoms with Gasteiger partial charge in [0, 0.05) is 29.2 Å². The largest absolute Gasteiger partial charge is 0.481 e. The molecule has 7 nitrogen and oxygen atoms in total. The van der Waals surface area contributed by atoms with Crippen molar-refractivity contribution >= 4 is 44.3 Å². The lowest BCUT2D eigenvalue weighted by molar-refractivity contribution is -0.137. The molecule has 0 bridgehead atoms. The molecule has 0 aliphatic rings. The van der Waals surface area contributed by atoms with Gasteiger partial charge in [0.05, 0.1) is 21.6 Å². The van der Waals surface area contributed by atoms with Crippen LogP contribution in [0.2, 0.25) is 5.02 Å². The molecule has 4 aromatic carbocycles. The minimum absolute atomic E-state index is 0.00625. The zero-order valence-electron chi connectivity index (χ0n) is 20.2. The van der Waals surface area contributed by atoms with E-state index in [1.165, 1.54) is 28.6 Å². The summed E-state index contributed by atoms with van der Waals surface area (Å²) < 4.78 is 30.6. The molecule has 0 fully saturated rings. The van der Waals surface area contributed by atoms with Crippen molar-refractivity contribution < 1.29 is 18.3 Å². The summed E-state index contributed by atoms with van der Waals surface area (Å²) in [4.78, 5) is 16.1. The van der Waals surface area contributed by atoms with Crippen molar-refractivity contribution in [3.05, 3.63) is 108 Å². The Morgan fingerprint density at radius 1 is 0.895 bits per heavy atom. The average Bonchev–Trinajstić information content (AvgIpc) is 3.31. The Morgan fingerprint density at radius 2 is 1.55 bits per heavy atom. The number of benzene rings is 4. The number of para-hydroxylation sites is 1. The van der Waals surface area contributed by atoms with Gasteiger partial charge in [-0.2, -0.15) is 0 Å². The van der Waals surface area contributed by atoms with Gasteiger partial charge >= 0.3 is 5.97 Å².